The first-order chi connectivity index (χ1) is 7.95. The van der Waals surface area contributed by atoms with Crippen LogP contribution in [-0.4, -0.2) is 38.5 Å². The highest BCUT2D eigenvalue weighted by molar-refractivity contribution is 5.79. The third-order valence-corrected chi connectivity index (χ3v) is 2.30. The summed E-state index contributed by atoms with van der Waals surface area (Å²) in [7, 11) is 3.22. The second-order valence-corrected chi connectivity index (χ2v) is 3.99. The molecule has 0 spiro atoms. The Balaban J connectivity index is 0. The van der Waals surface area contributed by atoms with Crippen LogP contribution in [0, 0.1) is 0 Å². The molecule has 0 fully saturated rings. The average Bonchev–Trinajstić information content (AvgIpc) is 2.28. The van der Waals surface area contributed by atoms with Crippen LogP contribution < -0.4 is 0 Å². The molecule has 17 heavy (non-hydrogen) atoms. The van der Waals surface area contributed by atoms with Crippen LogP contribution in [-0.2, 0) is 19.1 Å². The van der Waals surface area contributed by atoms with Crippen molar-refractivity contribution in [3.05, 3.63) is 0 Å². The number of carbonyl (C=O) groups is 2. The van der Waals surface area contributed by atoms with Crippen molar-refractivity contribution in [1.82, 2.24) is 0 Å². The van der Waals surface area contributed by atoms with Crippen molar-refractivity contribution in [3.63, 3.8) is 0 Å². The molecule has 0 aliphatic heterocycles. The van der Waals surface area contributed by atoms with Gasteiger partial charge in [0.05, 0.1) is 0 Å². The van der Waals surface area contributed by atoms with Crippen LogP contribution in [0.5, 0.6) is 0 Å². The molecule has 4 heteroatoms. The molecule has 0 saturated carbocycles. The molecule has 0 heterocycles. The van der Waals surface area contributed by atoms with Crippen molar-refractivity contribution in [2.75, 3.05) is 20.8 Å². The van der Waals surface area contributed by atoms with Gasteiger partial charge in [-0.15, -0.1) is 0 Å². The molecule has 1 unspecified atom stereocenters. The van der Waals surface area contributed by atoms with E-state index >= 15 is 0 Å². The maximum Gasteiger partial charge on any atom is 0.158 e. The van der Waals surface area contributed by atoms with Crippen LogP contribution in [0.15, 0.2) is 0 Å². The fourth-order valence-electron chi connectivity index (χ4n) is 0.963. The highest BCUT2D eigenvalue weighted by Crippen LogP contribution is 1.99. The Hall–Kier alpha value is -0.740. The Morgan fingerprint density at radius 3 is 1.94 bits per heavy atom. The van der Waals surface area contributed by atoms with Gasteiger partial charge in [-0.2, -0.15) is 0 Å². The molecule has 0 aromatic heterocycles. The lowest BCUT2D eigenvalue weighted by Gasteiger charge is -2.00. The first kappa shape index (κ1) is 18.6. The molecule has 0 amide bonds. The van der Waals surface area contributed by atoms with E-state index in [9.17, 15) is 9.59 Å². The summed E-state index contributed by atoms with van der Waals surface area (Å²) in [5, 5.41) is 0. The van der Waals surface area contributed by atoms with Crippen molar-refractivity contribution in [2.24, 2.45) is 0 Å². The number of methoxy groups -OCH3 is 2. The van der Waals surface area contributed by atoms with Gasteiger partial charge in [-0.25, -0.2) is 0 Å². The van der Waals surface area contributed by atoms with Gasteiger partial charge in [0.15, 0.2) is 5.78 Å². The summed E-state index contributed by atoms with van der Waals surface area (Å²) in [5.41, 5.74) is 0. The molecule has 0 bridgehead atoms. The quantitative estimate of drug-likeness (QED) is 0.617. The number of rotatable bonds is 8. The van der Waals surface area contributed by atoms with Crippen LogP contribution >= 0.6 is 0 Å². The number of carbonyl (C=O) groups excluding carboxylic acids is 2. The molecule has 0 aliphatic carbocycles. The minimum absolute atomic E-state index is 0.0718. The predicted octanol–water partition coefficient (Wildman–Crippen LogP) is 2.39. The maximum atomic E-state index is 10.4. The van der Waals surface area contributed by atoms with Crippen LogP contribution in [0.2, 0.25) is 0 Å². The molecule has 0 radical (unpaired) electrons. The zero-order chi connectivity index (χ0) is 13.7. The number of hydrogen-bond acceptors (Lipinski definition) is 4. The fraction of sp³-hybridized carbons (Fsp3) is 0.846. The van der Waals surface area contributed by atoms with Crippen molar-refractivity contribution in [3.8, 4) is 0 Å². The van der Waals surface area contributed by atoms with Crippen molar-refractivity contribution in [2.45, 2.75) is 52.6 Å². The summed E-state index contributed by atoms with van der Waals surface area (Å²) < 4.78 is 9.53. The van der Waals surface area contributed by atoms with Gasteiger partial charge >= 0.3 is 0 Å². The van der Waals surface area contributed by atoms with Gasteiger partial charge in [0, 0.05) is 27.2 Å². The van der Waals surface area contributed by atoms with Crippen molar-refractivity contribution < 1.29 is 19.1 Å². The lowest BCUT2D eigenvalue weighted by molar-refractivity contribution is -0.125. The molecular formula is C13H26O4. The number of Topliss-reactive ketones (excluding diaryl/α,β-unsaturated/α-hetero) is 2. The summed E-state index contributed by atoms with van der Waals surface area (Å²) >= 11 is 0. The van der Waals surface area contributed by atoms with Gasteiger partial charge in [-0.05, 0) is 33.6 Å². The van der Waals surface area contributed by atoms with E-state index in [1.54, 1.807) is 21.0 Å². The van der Waals surface area contributed by atoms with Gasteiger partial charge < -0.3 is 14.3 Å². The normalized spacial score (nSPS) is 11.4. The number of hydrogen-bond donors (Lipinski definition) is 0. The zero-order valence-electron chi connectivity index (χ0n) is 11.7. The number of ether oxygens (including phenoxy) is 2. The van der Waals surface area contributed by atoms with E-state index in [2.05, 4.69) is 4.74 Å². The monoisotopic (exact) mass is 246 g/mol. The molecule has 1 atom stereocenters. The summed E-state index contributed by atoms with van der Waals surface area (Å²) in [5.74, 6) is 0.361. The lowest BCUT2D eigenvalue weighted by atomic mass is 10.1. The highest BCUT2D eigenvalue weighted by atomic mass is 16.5. The van der Waals surface area contributed by atoms with Crippen LogP contribution in [0.4, 0.5) is 0 Å². The number of unbranched alkanes of at least 4 members (excludes halogenated alkanes) is 2. The predicted molar refractivity (Wildman–Crippen MR) is 68.2 cm³/mol. The van der Waals surface area contributed by atoms with Gasteiger partial charge in [0.1, 0.15) is 11.9 Å². The fourth-order valence-corrected chi connectivity index (χ4v) is 0.963. The second-order valence-electron chi connectivity index (χ2n) is 3.99. The van der Waals surface area contributed by atoms with E-state index in [-0.39, 0.29) is 17.7 Å². The average molecular weight is 246 g/mol. The molecule has 0 N–H and O–H groups in total. The largest absolute Gasteiger partial charge is 0.385 e. The van der Waals surface area contributed by atoms with E-state index in [4.69, 9.17) is 4.74 Å². The van der Waals surface area contributed by atoms with Gasteiger partial charge in [-0.3, -0.25) is 4.79 Å². The lowest BCUT2D eigenvalue weighted by Crippen LogP contribution is -2.14. The third kappa shape index (κ3) is 17.9. The van der Waals surface area contributed by atoms with Crippen molar-refractivity contribution >= 4 is 11.6 Å². The Labute approximate surface area is 105 Å². The Morgan fingerprint density at radius 2 is 1.65 bits per heavy atom. The van der Waals surface area contributed by atoms with Gasteiger partial charge in [0.2, 0.25) is 0 Å². The molecule has 0 aromatic rings. The highest BCUT2D eigenvalue weighted by Gasteiger charge is 2.01. The minimum Gasteiger partial charge on any atom is -0.385 e. The zero-order valence-corrected chi connectivity index (χ0v) is 11.7. The smallest absolute Gasteiger partial charge is 0.158 e. The maximum absolute atomic E-state index is 10.4. The van der Waals surface area contributed by atoms with Crippen LogP contribution in [0.1, 0.15) is 46.5 Å². The SMILES string of the molecule is COC(C)C(C)=O.COCCCCCC(C)=O. The van der Waals surface area contributed by atoms with Gasteiger partial charge in [-0.1, -0.05) is 6.42 Å². The third-order valence-electron chi connectivity index (χ3n) is 2.30. The summed E-state index contributed by atoms with van der Waals surface area (Å²) in [6.45, 7) is 5.69. The number of ketones is 2. The summed E-state index contributed by atoms with van der Waals surface area (Å²) in [4.78, 5) is 20.7. The minimum atomic E-state index is -0.236. The van der Waals surface area contributed by atoms with E-state index in [0.29, 0.717) is 0 Å². The Morgan fingerprint density at radius 1 is 1.06 bits per heavy atom. The van der Waals surface area contributed by atoms with Crippen LogP contribution in [0.25, 0.3) is 0 Å². The Bertz CT molecular complexity index is 202. The van der Waals surface area contributed by atoms with E-state index in [1.807, 2.05) is 0 Å². The molecule has 102 valence electrons. The van der Waals surface area contributed by atoms with E-state index in [1.165, 1.54) is 14.0 Å². The Kier molecular flexibility index (Phi) is 14.6. The molecule has 0 rings (SSSR count). The molecule has 4 nitrogen and oxygen atoms in total. The van der Waals surface area contributed by atoms with Gasteiger partial charge in [0.25, 0.3) is 0 Å². The standard InChI is InChI=1S/C8H16O2.C5H10O2/c1-8(9)6-4-3-5-7-10-2;1-4(6)5(2)7-3/h3-7H2,1-2H3;5H,1-3H3. The van der Waals surface area contributed by atoms with Crippen molar-refractivity contribution in [1.29, 1.82) is 0 Å². The summed E-state index contributed by atoms with van der Waals surface area (Å²) in [6, 6.07) is 0. The second kappa shape index (κ2) is 13.3. The molecule has 0 aromatic carbocycles. The summed E-state index contributed by atoms with van der Waals surface area (Å²) in [6.07, 6.45) is 3.68. The topological polar surface area (TPSA) is 52.6 Å². The molecular weight excluding hydrogens is 220 g/mol. The molecule has 0 aliphatic rings. The van der Waals surface area contributed by atoms with E-state index < -0.39 is 0 Å². The first-order valence-corrected chi connectivity index (χ1v) is 5.97. The van der Waals surface area contributed by atoms with E-state index in [0.717, 1.165) is 32.3 Å². The van der Waals surface area contributed by atoms with Crippen LogP contribution in [0.3, 0.4) is 0 Å². The first-order valence-electron chi connectivity index (χ1n) is 5.97. The molecule has 0 saturated heterocycles.